The van der Waals surface area contributed by atoms with Crippen molar-refractivity contribution in [3.8, 4) is 5.88 Å². The van der Waals surface area contributed by atoms with Gasteiger partial charge in [-0.15, -0.1) is 0 Å². The average Bonchev–Trinajstić information content (AvgIpc) is 2.26. The Bertz CT molecular complexity index is 429. The van der Waals surface area contributed by atoms with Crippen LogP contribution in [0, 0.1) is 0 Å². The van der Waals surface area contributed by atoms with Crippen LogP contribution < -0.4 is 10.5 Å². The number of ether oxygens (including phenoxy) is 1. The van der Waals surface area contributed by atoms with Gasteiger partial charge >= 0.3 is 12.4 Å². The van der Waals surface area contributed by atoms with Crippen LogP contribution in [0.4, 0.5) is 26.3 Å². The third-order valence-corrected chi connectivity index (χ3v) is 2.07. The minimum absolute atomic E-state index is 0.107. The van der Waals surface area contributed by atoms with Crippen LogP contribution in [0.25, 0.3) is 0 Å². The Balaban J connectivity index is 2.85. The standard InChI is InChI=1S/C10H10F6N2O/c11-9(12,13)3-4-19-8-6(5-17)1-2-7(18-8)10(14,15)16/h1-2H,3-5,17H2. The molecule has 1 aromatic rings. The van der Waals surface area contributed by atoms with Crippen molar-refractivity contribution in [1.29, 1.82) is 0 Å². The van der Waals surface area contributed by atoms with Crippen molar-refractivity contribution in [1.82, 2.24) is 4.98 Å². The molecule has 0 fully saturated rings. The molecule has 0 atom stereocenters. The number of hydrogen-bond donors (Lipinski definition) is 1. The fourth-order valence-corrected chi connectivity index (χ4v) is 1.17. The van der Waals surface area contributed by atoms with Gasteiger partial charge in [0.25, 0.3) is 0 Å². The molecule has 1 rings (SSSR count). The first-order chi connectivity index (χ1) is 8.63. The summed E-state index contributed by atoms with van der Waals surface area (Å²) in [5.74, 6) is -0.526. The Morgan fingerprint density at radius 3 is 2.21 bits per heavy atom. The minimum atomic E-state index is -4.70. The van der Waals surface area contributed by atoms with Crippen LogP contribution >= 0.6 is 0 Å². The second-order valence-electron chi connectivity index (χ2n) is 3.58. The molecule has 0 saturated carbocycles. The maximum atomic E-state index is 12.4. The third kappa shape index (κ3) is 4.93. The van der Waals surface area contributed by atoms with E-state index in [0.717, 1.165) is 6.07 Å². The summed E-state index contributed by atoms with van der Waals surface area (Å²) < 4.78 is 77.5. The van der Waals surface area contributed by atoms with E-state index >= 15 is 0 Å². The predicted octanol–water partition coefficient (Wildman–Crippen LogP) is 2.89. The van der Waals surface area contributed by atoms with Gasteiger partial charge in [0, 0.05) is 12.1 Å². The molecular weight excluding hydrogens is 278 g/mol. The Hall–Kier alpha value is -1.51. The lowest BCUT2D eigenvalue weighted by molar-refractivity contribution is -0.143. The number of nitrogens with zero attached hydrogens (tertiary/aromatic N) is 1. The minimum Gasteiger partial charge on any atom is -0.477 e. The van der Waals surface area contributed by atoms with Crippen molar-refractivity contribution >= 4 is 0 Å². The monoisotopic (exact) mass is 288 g/mol. The number of nitrogens with two attached hydrogens (primary N) is 1. The summed E-state index contributed by atoms with van der Waals surface area (Å²) in [4.78, 5) is 3.14. The first-order valence-corrected chi connectivity index (χ1v) is 5.10. The van der Waals surface area contributed by atoms with Gasteiger partial charge in [-0.25, -0.2) is 4.98 Å². The Labute approximate surface area is 104 Å². The van der Waals surface area contributed by atoms with Gasteiger partial charge in [-0.05, 0) is 6.07 Å². The van der Waals surface area contributed by atoms with Crippen molar-refractivity contribution in [3.05, 3.63) is 23.4 Å². The lowest BCUT2D eigenvalue weighted by atomic mass is 10.2. The maximum absolute atomic E-state index is 12.4. The molecule has 0 aliphatic carbocycles. The molecule has 0 aliphatic heterocycles. The Morgan fingerprint density at radius 2 is 1.74 bits per heavy atom. The maximum Gasteiger partial charge on any atom is 0.433 e. The average molecular weight is 288 g/mol. The summed E-state index contributed by atoms with van der Waals surface area (Å²) in [6.45, 7) is -1.00. The molecule has 19 heavy (non-hydrogen) atoms. The van der Waals surface area contributed by atoms with Gasteiger partial charge in [0.15, 0.2) is 0 Å². The first-order valence-electron chi connectivity index (χ1n) is 5.10. The SMILES string of the molecule is NCc1ccc(C(F)(F)F)nc1OCCC(F)(F)F. The number of rotatable bonds is 4. The zero-order valence-corrected chi connectivity index (χ0v) is 9.48. The van der Waals surface area contributed by atoms with Gasteiger partial charge in [0.05, 0.1) is 13.0 Å². The number of hydrogen-bond acceptors (Lipinski definition) is 3. The molecule has 0 amide bonds. The van der Waals surface area contributed by atoms with E-state index in [1.54, 1.807) is 0 Å². The summed E-state index contributed by atoms with van der Waals surface area (Å²) in [5, 5.41) is 0. The molecule has 3 nitrogen and oxygen atoms in total. The second kappa shape index (κ2) is 5.64. The molecule has 0 aliphatic rings. The van der Waals surface area contributed by atoms with Gasteiger partial charge in [0.2, 0.25) is 5.88 Å². The largest absolute Gasteiger partial charge is 0.477 e. The van der Waals surface area contributed by atoms with Crippen LogP contribution in [0.3, 0.4) is 0 Å². The Kier molecular flexibility index (Phi) is 4.61. The fourth-order valence-electron chi connectivity index (χ4n) is 1.17. The molecule has 0 unspecified atom stereocenters. The summed E-state index contributed by atoms with van der Waals surface area (Å²) in [5.41, 5.74) is 4.11. The number of alkyl halides is 6. The molecule has 108 valence electrons. The smallest absolute Gasteiger partial charge is 0.433 e. The topological polar surface area (TPSA) is 48.1 Å². The van der Waals surface area contributed by atoms with Gasteiger partial charge in [-0.1, -0.05) is 6.07 Å². The van der Waals surface area contributed by atoms with E-state index in [1.807, 2.05) is 0 Å². The number of halogens is 6. The van der Waals surface area contributed by atoms with E-state index < -0.39 is 37.0 Å². The zero-order chi connectivity index (χ0) is 14.7. The molecule has 2 N–H and O–H groups in total. The third-order valence-electron chi connectivity index (χ3n) is 2.07. The van der Waals surface area contributed by atoms with Gasteiger partial charge in [-0.2, -0.15) is 26.3 Å². The highest BCUT2D eigenvalue weighted by Gasteiger charge is 2.33. The zero-order valence-electron chi connectivity index (χ0n) is 9.48. The highest BCUT2D eigenvalue weighted by molar-refractivity contribution is 5.29. The van der Waals surface area contributed by atoms with Crippen LogP contribution in [0.15, 0.2) is 12.1 Å². The van der Waals surface area contributed by atoms with E-state index in [1.165, 1.54) is 0 Å². The van der Waals surface area contributed by atoms with E-state index in [4.69, 9.17) is 5.73 Å². The van der Waals surface area contributed by atoms with Crippen molar-refractivity contribution in [2.75, 3.05) is 6.61 Å². The molecule has 1 heterocycles. The molecule has 1 aromatic heterocycles. The number of aromatic nitrogens is 1. The lowest BCUT2D eigenvalue weighted by Gasteiger charge is -2.13. The van der Waals surface area contributed by atoms with E-state index in [-0.39, 0.29) is 12.1 Å². The van der Waals surface area contributed by atoms with Gasteiger partial charge < -0.3 is 10.5 Å². The highest BCUT2D eigenvalue weighted by Crippen LogP contribution is 2.30. The van der Waals surface area contributed by atoms with Crippen LogP contribution in [-0.2, 0) is 12.7 Å². The normalized spacial score (nSPS) is 12.6. The molecule has 9 heteroatoms. The van der Waals surface area contributed by atoms with E-state index in [9.17, 15) is 26.3 Å². The van der Waals surface area contributed by atoms with Crippen LogP contribution in [-0.4, -0.2) is 17.8 Å². The molecule has 0 radical (unpaired) electrons. The summed E-state index contributed by atoms with van der Waals surface area (Å²) >= 11 is 0. The summed E-state index contributed by atoms with van der Waals surface area (Å²) in [6, 6.07) is 1.72. The van der Waals surface area contributed by atoms with Crippen molar-refractivity contribution in [3.63, 3.8) is 0 Å². The summed E-state index contributed by atoms with van der Waals surface area (Å²) in [6.07, 6.45) is -10.4. The first kappa shape index (κ1) is 15.5. The van der Waals surface area contributed by atoms with Gasteiger partial charge in [0.1, 0.15) is 5.69 Å². The predicted molar refractivity (Wildman–Crippen MR) is 53.3 cm³/mol. The number of pyridine rings is 1. The lowest BCUT2D eigenvalue weighted by Crippen LogP contribution is -2.16. The van der Waals surface area contributed by atoms with Crippen LogP contribution in [0.2, 0.25) is 0 Å². The fraction of sp³-hybridized carbons (Fsp3) is 0.500. The molecule has 0 saturated heterocycles. The highest BCUT2D eigenvalue weighted by atomic mass is 19.4. The second-order valence-corrected chi connectivity index (χ2v) is 3.58. The van der Waals surface area contributed by atoms with E-state index in [0.29, 0.717) is 6.07 Å². The van der Waals surface area contributed by atoms with E-state index in [2.05, 4.69) is 9.72 Å². The molecule has 0 aromatic carbocycles. The van der Waals surface area contributed by atoms with Crippen LogP contribution in [0.5, 0.6) is 5.88 Å². The van der Waals surface area contributed by atoms with Crippen LogP contribution in [0.1, 0.15) is 17.7 Å². The van der Waals surface area contributed by atoms with Gasteiger partial charge in [-0.3, -0.25) is 0 Å². The quantitative estimate of drug-likeness (QED) is 0.867. The molecular formula is C10H10F6N2O. The molecule has 0 spiro atoms. The van der Waals surface area contributed by atoms with Crippen molar-refractivity contribution in [2.45, 2.75) is 25.3 Å². The van der Waals surface area contributed by atoms with Crippen molar-refractivity contribution in [2.24, 2.45) is 5.73 Å². The van der Waals surface area contributed by atoms with Crippen molar-refractivity contribution < 1.29 is 31.1 Å². The Morgan fingerprint density at radius 1 is 1.11 bits per heavy atom. The molecule has 0 bridgehead atoms. The summed E-state index contributed by atoms with van der Waals surface area (Å²) in [7, 11) is 0.